The summed E-state index contributed by atoms with van der Waals surface area (Å²) in [5.41, 5.74) is -1.17. The Kier molecular flexibility index (Phi) is 12.5. The second kappa shape index (κ2) is 13.8. The van der Waals surface area contributed by atoms with Crippen molar-refractivity contribution in [1.29, 1.82) is 0 Å². The van der Waals surface area contributed by atoms with Gasteiger partial charge in [-0.1, -0.05) is 0 Å². The minimum atomic E-state index is -8.29. The van der Waals surface area contributed by atoms with Crippen molar-refractivity contribution in [1.82, 2.24) is 0 Å². The van der Waals surface area contributed by atoms with Crippen LogP contribution >= 0.6 is 0 Å². The van der Waals surface area contributed by atoms with Crippen molar-refractivity contribution < 1.29 is 132 Å². The lowest BCUT2D eigenvalue weighted by Crippen LogP contribution is -2.70. The monoisotopic (exact) mass is 878 g/mol. The van der Waals surface area contributed by atoms with Gasteiger partial charge in [0.05, 0.1) is 29.2 Å². The molecule has 0 amide bonds. The Bertz CT molecular complexity index is 1610. The number of hydrogen-bond donors (Lipinski definition) is 0. The predicted octanol–water partition coefficient (Wildman–Crippen LogP) is 9.87. The van der Waals surface area contributed by atoms with Crippen LogP contribution in [0.1, 0.15) is 23.2 Å². The molecule has 1 aromatic carbocycles. The second-order valence-electron chi connectivity index (χ2n) is 10.5. The van der Waals surface area contributed by atoms with E-state index in [9.17, 15) is 127 Å². The van der Waals surface area contributed by atoms with Gasteiger partial charge in [0.25, 0.3) is 0 Å². The molecule has 0 aliphatic carbocycles. The Morgan fingerprint density at radius 1 is 0.444 bits per heavy atom. The minimum Gasteiger partial charge on any atom is -0.462 e. The molecule has 0 spiro atoms. The molecule has 0 heterocycles. The number of carbonyl (C=O) groups excluding carboxylic acids is 1. The van der Waals surface area contributed by atoms with Crippen LogP contribution in [0.25, 0.3) is 0 Å². The maximum absolute atomic E-state index is 14.0. The molecule has 316 valence electrons. The molecule has 0 N–H and O–H groups in total. The average Bonchev–Trinajstić information content (AvgIpc) is 2.98. The first kappa shape index (κ1) is 48.8. The highest BCUT2D eigenvalue weighted by Gasteiger charge is 2.92. The molecule has 0 aromatic heterocycles. The standard InChI is InChI=1S/C23H12F26O4S/c24-12(25,14(28,29)16(32,33)18(36,37)20(40,41)22(44,45)46)5-7-53-11(50)9-1-3-10(4-2-9)54(51,52)8-6-13(26,27)15(30,31)17(34,35)19(38,39)21(42,43)23(47,48)49/h1-4H,5-8H2. The summed E-state index contributed by atoms with van der Waals surface area (Å²) in [4.78, 5) is 10.4. The van der Waals surface area contributed by atoms with Crippen LogP contribution < -0.4 is 0 Å². The summed E-state index contributed by atoms with van der Waals surface area (Å²) < 4.78 is 370. The zero-order valence-electron chi connectivity index (χ0n) is 24.5. The van der Waals surface area contributed by atoms with Crippen LogP contribution in [0.15, 0.2) is 29.2 Å². The Morgan fingerprint density at radius 2 is 0.741 bits per heavy atom. The van der Waals surface area contributed by atoms with Gasteiger partial charge >= 0.3 is 77.5 Å². The number of benzene rings is 1. The molecule has 0 aliphatic heterocycles. The van der Waals surface area contributed by atoms with Crippen molar-refractivity contribution >= 4 is 15.8 Å². The van der Waals surface area contributed by atoms with E-state index in [1.165, 1.54) is 0 Å². The highest BCUT2D eigenvalue weighted by atomic mass is 32.2. The Labute approximate surface area is 280 Å². The second-order valence-corrected chi connectivity index (χ2v) is 12.6. The van der Waals surface area contributed by atoms with Gasteiger partial charge in [-0.3, -0.25) is 0 Å². The van der Waals surface area contributed by atoms with E-state index >= 15 is 0 Å². The van der Waals surface area contributed by atoms with E-state index in [0.717, 1.165) is 0 Å². The summed E-state index contributed by atoms with van der Waals surface area (Å²) in [6.45, 7) is -2.30. The lowest BCUT2D eigenvalue weighted by Gasteiger charge is -2.39. The quantitative estimate of drug-likeness (QED) is 0.123. The molecule has 0 bridgehead atoms. The van der Waals surface area contributed by atoms with E-state index in [-0.39, 0.29) is 24.3 Å². The van der Waals surface area contributed by atoms with Gasteiger partial charge < -0.3 is 4.74 Å². The first-order valence-corrected chi connectivity index (χ1v) is 14.4. The maximum atomic E-state index is 14.0. The number of esters is 1. The van der Waals surface area contributed by atoms with Gasteiger partial charge in [0.2, 0.25) is 0 Å². The van der Waals surface area contributed by atoms with Gasteiger partial charge in [0, 0.05) is 6.42 Å². The van der Waals surface area contributed by atoms with Crippen LogP contribution in [0.3, 0.4) is 0 Å². The van der Waals surface area contributed by atoms with Crippen LogP contribution in [0.2, 0.25) is 0 Å². The molecule has 0 unspecified atom stereocenters. The van der Waals surface area contributed by atoms with Gasteiger partial charge in [-0.25, -0.2) is 13.2 Å². The molecule has 1 aromatic rings. The fourth-order valence-corrected chi connectivity index (χ4v) is 4.76. The van der Waals surface area contributed by atoms with Gasteiger partial charge in [-0.2, -0.15) is 114 Å². The fourth-order valence-electron chi connectivity index (χ4n) is 3.45. The van der Waals surface area contributed by atoms with Crippen molar-refractivity contribution in [3.05, 3.63) is 29.8 Å². The van der Waals surface area contributed by atoms with E-state index in [1.807, 2.05) is 0 Å². The number of carbonyl (C=O) groups is 1. The third-order valence-corrected chi connectivity index (χ3v) is 8.51. The van der Waals surface area contributed by atoms with Crippen molar-refractivity contribution in [2.75, 3.05) is 12.4 Å². The molecule has 0 saturated carbocycles. The zero-order valence-corrected chi connectivity index (χ0v) is 25.3. The lowest BCUT2D eigenvalue weighted by atomic mass is 9.93. The van der Waals surface area contributed by atoms with Crippen LogP contribution in [0.5, 0.6) is 0 Å². The smallest absolute Gasteiger partial charge is 0.460 e. The molecule has 1 rings (SSSR count). The van der Waals surface area contributed by atoms with Gasteiger partial charge in [-0.05, 0) is 24.3 Å². The first-order chi connectivity index (χ1) is 23.3. The molecular weight excluding hydrogens is 866 g/mol. The third-order valence-electron chi connectivity index (χ3n) is 6.78. The van der Waals surface area contributed by atoms with E-state index in [1.54, 1.807) is 0 Å². The molecule has 54 heavy (non-hydrogen) atoms. The lowest BCUT2D eigenvalue weighted by molar-refractivity contribution is -0.440. The van der Waals surface area contributed by atoms with Crippen LogP contribution in [-0.4, -0.2) is 98.3 Å². The molecule has 0 saturated heterocycles. The van der Waals surface area contributed by atoms with Crippen LogP contribution in [0.4, 0.5) is 114 Å². The Balaban J connectivity index is 3.15. The SMILES string of the molecule is O=C(OCCC(F)(F)C(F)(F)C(F)(F)C(F)(F)C(F)(F)C(F)(F)F)c1ccc(S(=O)(=O)CCC(F)(F)C(F)(F)C(F)(F)C(F)(F)C(F)(F)C(F)(F)F)cc1. The molecule has 0 radical (unpaired) electrons. The topological polar surface area (TPSA) is 60.4 Å². The number of alkyl halides is 26. The maximum Gasteiger partial charge on any atom is 0.460 e. The zero-order chi connectivity index (χ0) is 43.6. The summed E-state index contributed by atoms with van der Waals surface area (Å²) in [5, 5.41) is 0. The normalized spacial score (nSPS) is 15.7. The number of halogens is 26. The summed E-state index contributed by atoms with van der Waals surface area (Å²) >= 11 is 0. The number of rotatable bonds is 16. The summed E-state index contributed by atoms with van der Waals surface area (Å²) in [5.74, 6) is -82.9. The Morgan fingerprint density at radius 3 is 1.06 bits per heavy atom. The third kappa shape index (κ3) is 7.65. The number of ether oxygens (including phenoxy) is 1. The number of hydrogen-bond acceptors (Lipinski definition) is 4. The Hall–Kier alpha value is -3.18. The predicted molar refractivity (Wildman–Crippen MR) is 120 cm³/mol. The van der Waals surface area contributed by atoms with Gasteiger partial charge in [0.15, 0.2) is 9.84 Å². The van der Waals surface area contributed by atoms with Crippen molar-refractivity contribution in [2.45, 2.75) is 89.3 Å². The highest BCUT2D eigenvalue weighted by Crippen LogP contribution is 2.62. The van der Waals surface area contributed by atoms with E-state index in [4.69, 9.17) is 0 Å². The molecule has 4 nitrogen and oxygen atoms in total. The highest BCUT2D eigenvalue weighted by molar-refractivity contribution is 7.91. The van der Waals surface area contributed by atoms with E-state index in [2.05, 4.69) is 4.74 Å². The van der Waals surface area contributed by atoms with Gasteiger partial charge in [0.1, 0.15) is 0 Å². The first-order valence-electron chi connectivity index (χ1n) is 12.7. The molecule has 0 fully saturated rings. The fraction of sp³-hybridized carbons (Fsp3) is 0.696. The van der Waals surface area contributed by atoms with Crippen molar-refractivity contribution in [3.8, 4) is 0 Å². The summed E-state index contributed by atoms with van der Waals surface area (Å²) in [6.07, 6.45) is -21.7. The van der Waals surface area contributed by atoms with Crippen molar-refractivity contribution in [2.24, 2.45) is 0 Å². The van der Waals surface area contributed by atoms with Gasteiger partial charge in [-0.15, -0.1) is 0 Å². The van der Waals surface area contributed by atoms with Crippen LogP contribution in [-0.2, 0) is 14.6 Å². The average molecular weight is 878 g/mol. The molecular formula is C23H12F26O4S. The van der Waals surface area contributed by atoms with E-state index < -0.39 is 123 Å². The molecule has 31 heteroatoms. The number of sulfone groups is 1. The summed E-state index contributed by atoms with van der Waals surface area (Å²) in [7, 11) is -5.59. The largest absolute Gasteiger partial charge is 0.462 e. The minimum absolute atomic E-state index is 0.0288. The van der Waals surface area contributed by atoms with Crippen LogP contribution in [0, 0.1) is 0 Å². The van der Waals surface area contributed by atoms with Crippen molar-refractivity contribution in [3.63, 3.8) is 0 Å². The summed E-state index contributed by atoms with van der Waals surface area (Å²) in [6, 6.07) is 0.273. The van der Waals surface area contributed by atoms with E-state index in [0.29, 0.717) is 0 Å². The molecule has 0 aliphatic rings. The molecule has 0 atom stereocenters.